The van der Waals surface area contributed by atoms with Crippen LogP contribution in [0, 0.1) is 0 Å². The van der Waals surface area contributed by atoms with Crippen molar-refractivity contribution in [2.75, 3.05) is 20.4 Å². The Kier molecular flexibility index (Phi) is 4.78. The van der Waals surface area contributed by atoms with Crippen LogP contribution >= 0.6 is 17.2 Å². The average Bonchev–Trinajstić information content (AvgIpc) is 2.63. The van der Waals surface area contributed by atoms with Crippen LogP contribution in [0.5, 0.6) is 0 Å². The van der Waals surface area contributed by atoms with Crippen LogP contribution in [0.3, 0.4) is 0 Å². The molecule has 0 radical (unpaired) electrons. The summed E-state index contributed by atoms with van der Waals surface area (Å²) < 4.78 is 0. The van der Waals surface area contributed by atoms with Crippen molar-refractivity contribution in [2.45, 2.75) is 0 Å². The molecule has 0 saturated heterocycles. The summed E-state index contributed by atoms with van der Waals surface area (Å²) in [6.45, 7) is 0. The second-order valence-corrected chi connectivity index (χ2v) is 12.8. The summed E-state index contributed by atoms with van der Waals surface area (Å²) in [7, 11) is 4.19. The van der Waals surface area contributed by atoms with E-state index in [4.69, 9.17) is 11.2 Å². The molecular weight excluding hydrogens is 333 g/mol. The SMILES string of the molecule is CN(C)CP(Cl)(c1ccccc1)(c1ccccc1)c1ccccc1. The summed E-state index contributed by atoms with van der Waals surface area (Å²) in [6, 6.07) is 31.7. The third kappa shape index (κ3) is 2.78. The second-order valence-electron chi connectivity index (χ2n) is 6.41. The van der Waals surface area contributed by atoms with Gasteiger partial charge in [0, 0.05) is 0 Å². The van der Waals surface area contributed by atoms with Gasteiger partial charge >= 0.3 is 149 Å². The first-order valence-electron chi connectivity index (χ1n) is 8.10. The van der Waals surface area contributed by atoms with Crippen LogP contribution in [0.15, 0.2) is 91.0 Å². The molecule has 0 spiro atoms. The van der Waals surface area contributed by atoms with Crippen molar-refractivity contribution in [3.05, 3.63) is 91.0 Å². The Morgan fingerprint density at radius 1 is 0.625 bits per heavy atom. The first kappa shape index (κ1) is 17.2. The Balaban J connectivity index is 2.42. The van der Waals surface area contributed by atoms with E-state index in [0.29, 0.717) is 0 Å². The van der Waals surface area contributed by atoms with Crippen molar-refractivity contribution in [3.8, 4) is 0 Å². The van der Waals surface area contributed by atoms with Crippen molar-refractivity contribution < 1.29 is 0 Å². The van der Waals surface area contributed by atoms with E-state index in [-0.39, 0.29) is 0 Å². The molecule has 3 aromatic carbocycles. The standard InChI is InChI=1S/C21H23ClNP/c1-23(2)18-24(22,19-12-6-3-7-13-19,20-14-8-4-9-15-20)21-16-10-5-11-17-21/h3-17H,18H2,1-2H3. The number of rotatable bonds is 5. The van der Waals surface area contributed by atoms with Gasteiger partial charge in [-0.2, -0.15) is 0 Å². The predicted octanol–water partition coefficient (Wildman–Crippen LogP) is 4.19. The number of nitrogens with zero attached hydrogens (tertiary/aromatic N) is 1. The molecule has 3 heteroatoms. The number of hydrogen-bond acceptors (Lipinski definition) is 1. The van der Waals surface area contributed by atoms with Crippen LogP contribution in [0.2, 0.25) is 0 Å². The van der Waals surface area contributed by atoms with Crippen molar-refractivity contribution in [3.63, 3.8) is 0 Å². The molecule has 1 nitrogen and oxygen atoms in total. The van der Waals surface area contributed by atoms with Gasteiger partial charge in [-0.1, -0.05) is 0 Å². The van der Waals surface area contributed by atoms with Crippen LogP contribution < -0.4 is 15.9 Å². The van der Waals surface area contributed by atoms with E-state index < -0.39 is 5.96 Å². The van der Waals surface area contributed by atoms with Crippen molar-refractivity contribution in [1.29, 1.82) is 0 Å². The van der Waals surface area contributed by atoms with Crippen molar-refractivity contribution >= 4 is 33.1 Å². The molecule has 0 fully saturated rings. The molecular formula is C21H23ClNP. The Morgan fingerprint density at radius 2 is 0.917 bits per heavy atom. The molecule has 24 heavy (non-hydrogen) atoms. The van der Waals surface area contributed by atoms with Gasteiger partial charge in [0.15, 0.2) is 0 Å². The van der Waals surface area contributed by atoms with Gasteiger partial charge in [-0.15, -0.1) is 0 Å². The monoisotopic (exact) mass is 355 g/mol. The summed E-state index contributed by atoms with van der Waals surface area (Å²) in [5.41, 5.74) is 0. The molecule has 0 N–H and O–H groups in total. The molecule has 0 heterocycles. The van der Waals surface area contributed by atoms with Crippen LogP contribution in [-0.4, -0.2) is 25.3 Å². The van der Waals surface area contributed by atoms with Gasteiger partial charge < -0.3 is 0 Å². The van der Waals surface area contributed by atoms with Gasteiger partial charge in [-0.05, 0) is 0 Å². The van der Waals surface area contributed by atoms with Gasteiger partial charge in [0.1, 0.15) is 0 Å². The zero-order chi connectivity index (χ0) is 17.1. The maximum absolute atomic E-state index is 7.86. The zero-order valence-corrected chi connectivity index (χ0v) is 15.8. The van der Waals surface area contributed by atoms with E-state index in [1.165, 1.54) is 15.9 Å². The molecule has 3 aromatic rings. The minimum atomic E-state index is -3.10. The quantitative estimate of drug-likeness (QED) is 0.620. The molecule has 0 atom stereocenters. The molecule has 0 aromatic heterocycles. The molecule has 0 unspecified atom stereocenters. The van der Waals surface area contributed by atoms with Gasteiger partial charge in [-0.25, -0.2) is 0 Å². The summed E-state index contributed by atoms with van der Waals surface area (Å²) in [6.07, 6.45) is 0.783. The van der Waals surface area contributed by atoms with E-state index in [2.05, 4.69) is 91.8 Å². The Hall–Kier alpha value is -1.66. The Bertz CT molecular complexity index is 688. The fourth-order valence-electron chi connectivity index (χ4n) is 3.44. The Labute approximate surface area is 149 Å². The normalized spacial score (nSPS) is 13.4. The second kappa shape index (κ2) is 6.69. The summed E-state index contributed by atoms with van der Waals surface area (Å²) >= 11 is 7.86. The molecule has 124 valence electrons. The van der Waals surface area contributed by atoms with Gasteiger partial charge in [-0.3, -0.25) is 0 Å². The number of halogens is 1. The average molecular weight is 356 g/mol. The first-order chi connectivity index (χ1) is 11.6. The van der Waals surface area contributed by atoms with Crippen LogP contribution in [0.4, 0.5) is 0 Å². The first-order valence-corrected chi connectivity index (χ1v) is 11.4. The summed E-state index contributed by atoms with van der Waals surface area (Å²) in [4.78, 5) is 2.21. The van der Waals surface area contributed by atoms with Gasteiger partial charge in [0.2, 0.25) is 0 Å². The van der Waals surface area contributed by atoms with Crippen LogP contribution in [-0.2, 0) is 0 Å². The maximum atomic E-state index is 7.86. The van der Waals surface area contributed by atoms with E-state index in [1.54, 1.807) is 0 Å². The van der Waals surface area contributed by atoms with Gasteiger partial charge in [0.05, 0.1) is 0 Å². The van der Waals surface area contributed by atoms with E-state index >= 15 is 0 Å². The summed E-state index contributed by atoms with van der Waals surface area (Å²) in [5.74, 6) is -3.10. The van der Waals surface area contributed by atoms with Crippen molar-refractivity contribution in [2.24, 2.45) is 0 Å². The van der Waals surface area contributed by atoms with E-state index in [0.717, 1.165) is 6.29 Å². The molecule has 0 aliphatic rings. The van der Waals surface area contributed by atoms with Crippen LogP contribution in [0.1, 0.15) is 0 Å². The minimum absolute atomic E-state index is 0.783. The van der Waals surface area contributed by atoms with Gasteiger partial charge in [0.25, 0.3) is 0 Å². The molecule has 0 aliphatic carbocycles. The molecule has 0 aliphatic heterocycles. The number of benzene rings is 3. The topological polar surface area (TPSA) is 3.24 Å². The van der Waals surface area contributed by atoms with E-state index in [9.17, 15) is 0 Å². The molecule has 0 amide bonds. The molecule has 0 saturated carbocycles. The van der Waals surface area contributed by atoms with Crippen molar-refractivity contribution in [1.82, 2.24) is 4.90 Å². The number of hydrogen-bond donors (Lipinski definition) is 0. The Morgan fingerprint density at radius 3 is 1.17 bits per heavy atom. The third-order valence-electron chi connectivity index (χ3n) is 4.43. The fraction of sp³-hybridized carbons (Fsp3) is 0.143. The molecule has 3 rings (SSSR count). The predicted molar refractivity (Wildman–Crippen MR) is 110 cm³/mol. The zero-order valence-electron chi connectivity index (χ0n) is 14.1. The fourth-order valence-corrected chi connectivity index (χ4v) is 9.92. The summed E-state index contributed by atoms with van der Waals surface area (Å²) in [5, 5.41) is 3.61. The van der Waals surface area contributed by atoms with E-state index in [1.807, 2.05) is 18.2 Å². The third-order valence-corrected chi connectivity index (χ3v) is 11.7. The molecule has 0 bridgehead atoms. The van der Waals surface area contributed by atoms with Crippen LogP contribution in [0.25, 0.3) is 0 Å².